The molecule has 1 N–H and O–H groups in total. The van der Waals surface area contributed by atoms with Gasteiger partial charge in [-0.05, 0) is 85.9 Å². The summed E-state index contributed by atoms with van der Waals surface area (Å²) in [6.45, 7) is 3.84. The van der Waals surface area contributed by atoms with Gasteiger partial charge in [0.2, 0.25) is 5.91 Å². The van der Waals surface area contributed by atoms with Crippen LogP contribution in [0, 0.1) is 0 Å². The number of nitrogens with one attached hydrogen (secondary N) is 1. The Kier molecular flexibility index (Phi) is 17.6. The van der Waals surface area contributed by atoms with E-state index in [-0.39, 0.29) is 5.91 Å². The van der Waals surface area contributed by atoms with Crippen molar-refractivity contribution in [2.24, 2.45) is 0 Å². The average Bonchev–Trinajstić information content (AvgIpc) is 3.29. The zero-order valence-electron chi connectivity index (χ0n) is 33.9. The van der Waals surface area contributed by atoms with E-state index in [1.54, 1.807) is 12.4 Å². The highest BCUT2D eigenvalue weighted by Gasteiger charge is 2.31. The number of benzene rings is 3. The van der Waals surface area contributed by atoms with Crippen LogP contribution in [0.2, 0.25) is 0 Å². The van der Waals surface area contributed by atoms with Gasteiger partial charge in [0.15, 0.2) is 0 Å². The number of hydrogen-bond donors (Lipinski definition) is 1. The summed E-state index contributed by atoms with van der Waals surface area (Å²) in [6, 6.07) is 45.9. The van der Waals surface area contributed by atoms with Gasteiger partial charge >= 0.3 is 0 Å². The van der Waals surface area contributed by atoms with Gasteiger partial charge in [0.1, 0.15) is 5.75 Å². The number of rotatable bonds is 26. The van der Waals surface area contributed by atoms with Crippen molar-refractivity contribution < 1.29 is 23.7 Å². The third kappa shape index (κ3) is 15.2. The largest absolute Gasteiger partial charge is 0.493 e. The van der Waals surface area contributed by atoms with Crippen molar-refractivity contribution in [1.82, 2.24) is 20.3 Å². The summed E-state index contributed by atoms with van der Waals surface area (Å²) in [7, 11) is 0. The molecule has 0 aliphatic carbocycles. The highest BCUT2D eigenvalue weighted by atomic mass is 16.5. The van der Waals surface area contributed by atoms with Crippen LogP contribution < -0.4 is 10.1 Å². The molecule has 0 unspecified atom stereocenters. The Morgan fingerprint density at radius 1 is 0.492 bits per heavy atom. The van der Waals surface area contributed by atoms with Gasteiger partial charge in [0.25, 0.3) is 0 Å². The minimum atomic E-state index is -0.444. The van der Waals surface area contributed by atoms with Gasteiger partial charge in [-0.1, -0.05) is 103 Å². The summed E-state index contributed by atoms with van der Waals surface area (Å²) in [4.78, 5) is 27.7. The van der Waals surface area contributed by atoms with Gasteiger partial charge in [-0.2, -0.15) is 0 Å². The maximum absolute atomic E-state index is 13.9. The summed E-state index contributed by atoms with van der Waals surface area (Å²) in [5, 5.41) is 3.53. The second-order valence-corrected chi connectivity index (χ2v) is 14.7. The molecular formula is C50H56N4O5. The molecular weight excluding hydrogens is 737 g/mol. The highest BCUT2D eigenvalue weighted by Crippen LogP contribution is 2.29. The molecule has 306 valence electrons. The molecule has 3 aromatic heterocycles. The fourth-order valence-corrected chi connectivity index (χ4v) is 7.05. The van der Waals surface area contributed by atoms with E-state index in [4.69, 9.17) is 23.9 Å². The van der Waals surface area contributed by atoms with Crippen LogP contribution in [0.3, 0.4) is 0 Å². The predicted molar refractivity (Wildman–Crippen MR) is 232 cm³/mol. The summed E-state index contributed by atoms with van der Waals surface area (Å²) in [5.41, 5.74) is 5.87. The van der Waals surface area contributed by atoms with Crippen molar-refractivity contribution in [1.29, 1.82) is 0 Å². The number of hydrogen-bond acceptors (Lipinski definition) is 8. The Bertz CT molecular complexity index is 1880. The summed E-state index contributed by atoms with van der Waals surface area (Å²) in [5.74, 6) is 0.657. The van der Waals surface area contributed by atoms with Crippen LogP contribution in [0.4, 0.5) is 0 Å². The third-order valence-electron chi connectivity index (χ3n) is 10.0. The number of carbonyl (C=O) groups excluding carboxylic acids is 1. The van der Waals surface area contributed by atoms with Crippen molar-refractivity contribution in [3.05, 3.63) is 169 Å². The monoisotopic (exact) mass is 792 g/mol. The summed E-state index contributed by atoms with van der Waals surface area (Å²) < 4.78 is 24.6. The van der Waals surface area contributed by atoms with Crippen LogP contribution in [-0.4, -0.2) is 52.8 Å². The topological polar surface area (TPSA) is 105 Å². The molecule has 9 nitrogen and oxygen atoms in total. The SMILES string of the molecule is O=C(CCCOc1cc(-c2ccccn2)nc(-c2ccccn2)c1)NC(CCCOCc1ccccc1)(CCCOCc1ccccc1)CCCOCc1ccccc1. The normalized spacial score (nSPS) is 11.3. The molecule has 0 bridgehead atoms. The Morgan fingerprint density at radius 3 is 1.32 bits per heavy atom. The van der Waals surface area contributed by atoms with Gasteiger partial charge < -0.3 is 24.3 Å². The fraction of sp³-hybridized carbons (Fsp3) is 0.320. The molecule has 1 amide bonds. The van der Waals surface area contributed by atoms with Gasteiger partial charge in [-0.15, -0.1) is 0 Å². The first-order valence-electron chi connectivity index (χ1n) is 20.8. The molecule has 0 aliphatic rings. The van der Waals surface area contributed by atoms with Crippen molar-refractivity contribution in [2.75, 3.05) is 26.4 Å². The Morgan fingerprint density at radius 2 is 0.915 bits per heavy atom. The minimum absolute atomic E-state index is 0.00675. The maximum atomic E-state index is 13.9. The molecule has 3 heterocycles. The lowest BCUT2D eigenvalue weighted by molar-refractivity contribution is -0.123. The minimum Gasteiger partial charge on any atom is -0.493 e. The molecule has 6 aromatic rings. The Hall–Kier alpha value is -5.74. The molecule has 59 heavy (non-hydrogen) atoms. The van der Waals surface area contributed by atoms with Crippen LogP contribution in [0.1, 0.15) is 68.1 Å². The van der Waals surface area contributed by atoms with E-state index in [2.05, 4.69) is 51.7 Å². The maximum Gasteiger partial charge on any atom is 0.220 e. The lowest BCUT2D eigenvalue weighted by atomic mass is 9.83. The van der Waals surface area contributed by atoms with Crippen molar-refractivity contribution in [3.63, 3.8) is 0 Å². The zero-order valence-corrected chi connectivity index (χ0v) is 33.9. The smallest absolute Gasteiger partial charge is 0.220 e. The molecule has 3 aromatic carbocycles. The van der Waals surface area contributed by atoms with E-state index >= 15 is 0 Å². The third-order valence-corrected chi connectivity index (χ3v) is 10.0. The van der Waals surface area contributed by atoms with Gasteiger partial charge in [0, 0.05) is 56.3 Å². The van der Waals surface area contributed by atoms with E-state index in [0.717, 1.165) is 66.6 Å². The first-order valence-corrected chi connectivity index (χ1v) is 20.8. The first kappa shape index (κ1) is 42.9. The quantitative estimate of drug-likeness (QED) is 0.0542. The average molecular weight is 793 g/mol. The molecule has 0 radical (unpaired) electrons. The van der Waals surface area contributed by atoms with E-state index in [1.807, 2.05) is 103 Å². The van der Waals surface area contributed by atoms with Crippen molar-refractivity contribution >= 4 is 5.91 Å². The summed E-state index contributed by atoms with van der Waals surface area (Å²) in [6.07, 6.45) is 9.14. The lowest BCUT2D eigenvalue weighted by Crippen LogP contribution is -2.49. The molecule has 0 saturated heterocycles. The van der Waals surface area contributed by atoms with Gasteiger partial charge in [0.05, 0.1) is 49.2 Å². The van der Waals surface area contributed by atoms with Crippen LogP contribution in [0.5, 0.6) is 5.75 Å². The van der Waals surface area contributed by atoms with Crippen molar-refractivity contribution in [3.8, 4) is 28.5 Å². The van der Waals surface area contributed by atoms with Gasteiger partial charge in [-0.25, -0.2) is 4.98 Å². The Balaban J connectivity index is 1.08. The fourth-order valence-electron chi connectivity index (χ4n) is 7.05. The number of pyridine rings is 3. The van der Waals surface area contributed by atoms with E-state index < -0.39 is 5.54 Å². The number of aromatic nitrogens is 3. The zero-order chi connectivity index (χ0) is 40.6. The first-order chi connectivity index (χ1) is 29.1. The number of nitrogens with zero attached hydrogens (tertiary/aromatic N) is 3. The lowest BCUT2D eigenvalue weighted by Gasteiger charge is -2.36. The van der Waals surface area contributed by atoms with Gasteiger partial charge in [-0.3, -0.25) is 14.8 Å². The molecule has 6 rings (SSSR count). The van der Waals surface area contributed by atoms with Crippen LogP contribution in [0.25, 0.3) is 22.8 Å². The second-order valence-electron chi connectivity index (χ2n) is 14.7. The number of amides is 1. The Labute approximate surface area is 349 Å². The molecule has 0 fully saturated rings. The molecule has 0 aliphatic heterocycles. The van der Waals surface area contributed by atoms with E-state index in [9.17, 15) is 4.79 Å². The molecule has 0 atom stereocenters. The molecule has 0 saturated carbocycles. The van der Waals surface area contributed by atoms with E-state index in [1.165, 1.54) is 0 Å². The predicted octanol–water partition coefficient (Wildman–Crippen LogP) is 10.2. The number of ether oxygens (including phenoxy) is 4. The van der Waals surface area contributed by atoms with Crippen LogP contribution >= 0.6 is 0 Å². The standard InChI is InChI=1S/C50H56N4O5/c55-49(26-14-35-59-44-36-47(45-24-10-12-30-51-45)53-48(37-44)46-25-11-13-31-52-46)54-50(27-15-32-56-38-41-18-4-1-5-19-41,28-16-33-57-39-42-20-6-2-7-21-42)29-17-34-58-40-43-22-8-3-9-23-43/h1-13,18-25,30-31,36-37H,14-17,26-29,32-35,38-40H2,(H,54,55). The summed E-state index contributed by atoms with van der Waals surface area (Å²) >= 11 is 0. The van der Waals surface area contributed by atoms with Crippen molar-refractivity contribution in [2.45, 2.75) is 76.7 Å². The highest BCUT2D eigenvalue weighted by molar-refractivity contribution is 5.76. The second kappa shape index (κ2) is 24.2. The number of carbonyl (C=O) groups is 1. The molecule has 0 spiro atoms. The van der Waals surface area contributed by atoms with Crippen LogP contribution in [-0.2, 0) is 38.8 Å². The van der Waals surface area contributed by atoms with Crippen LogP contribution in [0.15, 0.2) is 152 Å². The van der Waals surface area contributed by atoms with E-state index in [0.29, 0.717) is 76.2 Å². The molecule has 9 heteroatoms.